The summed E-state index contributed by atoms with van der Waals surface area (Å²) in [4.78, 5) is 2.10. The molecule has 0 saturated carbocycles. The fraction of sp³-hybridized carbons (Fsp3) is 0.600. The second-order valence-electron chi connectivity index (χ2n) is 4.88. The van der Waals surface area contributed by atoms with Crippen molar-refractivity contribution in [2.45, 2.75) is 32.8 Å². The Labute approximate surface area is 114 Å². The van der Waals surface area contributed by atoms with Gasteiger partial charge < -0.3 is 15.1 Å². The van der Waals surface area contributed by atoms with Crippen LogP contribution in [0.1, 0.15) is 37.0 Å². The summed E-state index contributed by atoms with van der Waals surface area (Å²) in [6, 6.07) is 4.85. The minimum atomic E-state index is -0.659. The lowest BCUT2D eigenvalue weighted by Crippen LogP contribution is -2.29. The standard InChI is InChI=1S/C15H24FNO2/c1-3-7-17(9-10-18)8-6-15(19)13-5-4-12(2)14(16)11-13/h4-5,11,15,18-19H,3,6-10H2,1-2H3. The second-order valence-corrected chi connectivity index (χ2v) is 4.88. The second kappa shape index (κ2) is 8.25. The molecule has 1 aromatic carbocycles. The van der Waals surface area contributed by atoms with E-state index in [1.165, 1.54) is 6.07 Å². The number of hydrogen-bond donors (Lipinski definition) is 2. The van der Waals surface area contributed by atoms with Gasteiger partial charge in [0.2, 0.25) is 0 Å². The molecule has 0 radical (unpaired) electrons. The Balaban J connectivity index is 2.53. The van der Waals surface area contributed by atoms with E-state index in [0.29, 0.717) is 30.6 Å². The number of aliphatic hydroxyl groups excluding tert-OH is 2. The Morgan fingerprint density at radius 1 is 1.26 bits per heavy atom. The molecule has 108 valence electrons. The third-order valence-corrected chi connectivity index (χ3v) is 3.26. The Hall–Kier alpha value is -0.970. The number of halogens is 1. The number of hydrogen-bond acceptors (Lipinski definition) is 3. The van der Waals surface area contributed by atoms with Gasteiger partial charge >= 0.3 is 0 Å². The quantitative estimate of drug-likeness (QED) is 0.761. The van der Waals surface area contributed by atoms with Crippen molar-refractivity contribution in [1.29, 1.82) is 0 Å². The molecule has 4 heteroatoms. The van der Waals surface area contributed by atoms with Crippen LogP contribution in [-0.2, 0) is 0 Å². The number of nitrogens with zero attached hydrogens (tertiary/aromatic N) is 1. The van der Waals surface area contributed by atoms with Crippen LogP contribution in [0.4, 0.5) is 4.39 Å². The van der Waals surface area contributed by atoms with Crippen LogP contribution in [-0.4, -0.2) is 41.4 Å². The zero-order valence-corrected chi connectivity index (χ0v) is 11.8. The highest BCUT2D eigenvalue weighted by molar-refractivity contribution is 5.24. The van der Waals surface area contributed by atoms with Gasteiger partial charge in [0.15, 0.2) is 0 Å². The zero-order valence-electron chi connectivity index (χ0n) is 11.8. The van der Waals surface area contributed by atoms with Gasteiger partial charge in [-0.1, -0.05) is 19.1 Å². The summed E-state index contributed by atoms with van der Waals surface area (Å²) in [7, 11) is 0. The molecule has 0 aromatic heterocycles. The highest BCUT2D eigenvalue weighted by Gasteiger charge is 2.12. The van der Waals surface area contributed by atoms with Gasteiger partial charge in [-0.2, -0.15) is 0 Å². The minimum absolute atomic E-state index is 0.120. The smallest absolute Gasteiger partial charge is 0.126 e. The van der Waals surface area contributed by atoms with E-state index < -0.39 is 6.10 Å². The van der Waals surface area contributed by atoms with Gasteiger partial charge in [0, 0.05) is 13.1 Å². The van der Waals surface area contributed by atoms with E-state index in [1.54, 1.807) is 19.1 Å². The first kappa shape index (κ1) is 16.1. The lowest BCUT2D eigenvalue weighted by Gasteiger charge is -2.22. The van der Waals surface area contributed by atoms with E-state index in [-0.39, 0.29) is 12.4 Å². The third kappa shape index (κ3) is 5.27. The summed E-state index contributed by atoms with van der Waals surface area (Å²) >= 11 is 0. The molecule has 0 saturated heterocycles. The van der Waals surface area contributed by atoms with Crippen LogP contribution in [0.15, 0.2) is 18.2 Å². The SMILES string of the molecule is CCCN(CCO)CCC(O)c1ccc(C)c(F)c1. The van der Waals surface area contributed by atoms with E-state index in [0.717, 1.165) is 13.0 Å². The molecule has 0 aliphatic heterocycles. The predicted molar refractivity (Wildman–Crippen MR) is 74.5 cm³/mol. The maximum Gasteiger partial charge on any atom is 0.126 e. The lowest BCUT2D eigenvalue weighted by atomic mass is 10.0. The van der Waals surface area contributed by atoms with Crippen LogP contribution in [0.5, 0.6) is 0 Å². The van der Waals surface area contributed by atoms with Crippen LogP contribution in [0.2, 0.25) is 0 Å². The van der Waals surface area contributed by atoms with E-state index in [1.807, 2.05) is 0 Å². The van der Waals surface area contributed by atoms with E-state index in [4.69, 9.17) is 5.11 Å². The molecule has 0 aliphatic carbocycles. The Kier molecular flexibility index (Phi) is 6.99. The average molecular weight is 269 g/mol. The molecule has 1 rings (SSSR count). The van der Waals surface area contributed by atoms with Crippen molar-refractivity contribution in [1.82, 2.24) is 4.90 Å². The Morgan fingerprint density at radius 3 is 2.58 bits per heavy atom. The molecule has 2 N–H and O–H groups in total. The maximum atomic E-state index is 13.4. The van der Waals surface area contributed by atoms with E-state index in [9.17, 15) is 9.50 Å². The summed E-state index contributed by atoms with van der Waals surface area (Å²) in [6.07, 6.45) is 0.894. The van der Waals surface area contributed by atoms with Crippen molar-refractivity contribution in [3.8, 4) is 0 Å². The molecule has 3 nitrogen and oxygen atoms in total. The largest absolute Gasteiger partial charge is 0.395 e. The summed E-state index contributed by atoms with van der Waals surface area (Å²) in [5.74, 6) is -0.280. The Morgan fingerprint density at radius 2 is 2.00 bits per heavy atom. The monoisotopic (exact) mass is 269 g/mol. The molecular weight excluding hydrogens is 245 g/mol. The number of aryl methyl sites for hydroxylation is 1. The molecular formula is C15H24FNO2. The predicted octanol–water partition coefficient (Wildman–Crippen LogP) is 2.26. The molecule has 0 aliphatic rings. The molecule has 0 heterocycles. The van der Waals surface area contributed by atoms with Crippen molar-refractivity contribution in [2.24, 2.45) is 0 Å². The molecule has 0 bridgehead atoms. The van der Waals surface area contributed by atoms with Crippen molar-refractivity contribution in [3.05, 3.63) is 35.1 Å². The van der Waals surface area contributed by atoms with Crippen LogP contribution in [0.25, 0.3) is 0 Å². The van der Waals surface area contributed by atoms with Crippen LogP contribution in [0.3, 0.4) is 0 Å². The van der Waals surface area contributed by atoms with Crippen molar-refractivity contribution in [2.75, 3.05) is 26.2 Å². The van der Waals surface area contributed by atoms with Crippen LogP contribution < -0.4 is 0 Å². The molecule has 0 amide bonds. The maximum absolute atomic E-state index is 13.4. The first-order chi connectivity index (χ1) is 9.08. The van der Waals surface area contributed by atoms with Gasteiger partial charge in [-0.3, -0.25) is 0 Å². The first-order valence-corrected chi connectivity index (χ1v) is 6.85. The van der Waals surface area contributed by atoms with Crippen molar-refractivity contribution >= 4 is 0 Å². The van der Waals surface area contributed by atoms with Crippen molar-refractivity contribution < 1.29 is 14.6 Å². The summed E-state index contributed by atoms with van der Waals surface area (Å²) < 4.78 is 13.4. The molecule has 0 fully saturated rings. The van der Waals surface area contributed by atoms with Gasteiger partial charge in [-0.05, 0) is 43.5 Å². The number of rotatable bonds is 8. The third-order valence-electron chi connectivity index (χ3n) is 3.26. The topological polar surface area (TPSA) is 43.7 Å². The van der Waals surface area contributed by atoms with Crippen LogP contribution >= 0.6 is 0 Å². The van der Waals surface area contributed by atoms with Crippen LogP contribution in [0, 0.1) is 12.7 Å². The normalized spacial score (nSPS) is 12.9. The molecule has 1 unspecified atom stereocenters. The molecule has 1 atom stereocenters. The summed E-state index contributed by atoms with van der Waals surface area (Å²) in [5.41, 5.74) is 1.20. The lowest BCUT2D eigenvalue weighted by molar-refractivity contribution is 0.130. The average Bonchev–Trinajstić information content (AvgIpc) is 2.39. The summed E-state index contributed by atoms with van der Waals surface area (Å²) in [6.45, 7) is 6.12. The molecule has 0 spiro atoms. The summed E-state index contributed by atoms with van der Waals surface area (Å²) in [5, 5.41) is 19.0. The highest BCUT2D eigenvalue weighted by Crippen LogP contribution is 2.19. The zero-order chi connectivity index (χ0) is 14.3. The fourth-order valence-corrected chi connectivity index (χ4v) is 2.08. The minimum Gasteiger partial charge on any atom is -0.395 e. The number of benzene rings is 1. The Bertz CT molecular complexity index is 378. The fourth-order valence-electron chi connectivity index (χ4n) is 2.08. The van der Waals surface area contributed by atoms with E-state index >= 15 is 0 Å². The van der Waals surface area contributed by atoms with Gasteiger partial charge in [0.25, 0.3) is 0 Å². The van der Waals surface area contributed by atoms with Gasteiger partial charge in [0.05, 0.1) is 12.7 Å². The molecule has 19 heavy (non-hydrogen) atoms. The van der Waals surface area contributed by atoms with E-state index in [2.05, 4.69) is 11.8 Å². The molecule has 1 aromatic rings. The van der Waals surface area contributed by atoms with Crippen molar-refractivity contribution in [3.63, 3.8) is 0 Å². The van der Waals surface area contributed by atoms with Gasteiger partial charge in [-0.25, -0.2) is 4.39 Å². The van der Waals surface area contributed by atoms with Gasteiger partial charge in [-0.15, -0.1) is 0 Å². The number of aliphatic hydroxyl groups is 2. The highest BCUT2D eigenvalue weighted by atomic mass is 19.1. The first-order valence-electron chi connectivity index (χ1n) is 6.85. The van der Waals surface area contributed by atoms with Gasteiger partial charge in [0.1, 0.15) is 5.82 Å².